The van der Waals surface area contributed by atoms with Crippen molar-refractivity contribution in [2.45, 2.75) is 57.1 Å². The van der Waals surface area contributed by atoms with E-state index in [2.05, 4.69) is 24.1 Å². The number of hydrogen-bond acceptors (Lipinski definition) is 7. The van der Waals surface area contributed by atoms with Gasteiger partial charge in [-0.1, -0.05) is 20.8 Å². The largest absolute Gasteiger partial charge is 0.461 e. The monoisotopic (exact) mass is 457 g/mol. The second-order valence-corrected chi connectivity index (χ2v) is 11.3. The van der Waals surface area contributed by atoms with Crippen molar-refractivity contribution in [3.05, 3.63) is 34.5 Å². The Morgan fingerprint density at radius 2 is 2.16 bits per heavy atom. The molecule has 3 aliphatic rings. The number of amides is 1. The first kappa shape index (κ1) is 20.9. The van der Waals surface area contributed by atoms with Gasteiger partial charge in [0.25, 0.3) is 5.91 Å². The Labute approximate surface area is 190 Å². The van der Waals surface area contributed by atoms with E-state index in [9.17, 15) is 9.59 Å². The summed E-state index contributed by atoms with van der Waals surface area (Å²) in [6.07, 6.45) is 6.63. The quantitative estimate of drug-likeness (QED) is 0.528. The molecule has 1 saturated heterocycles. The normalized spacial score (nSPS) is 33.8. The fourth-order valence-electron chi connectivity index (χ4n) is 6.02. The van der Waals surface area contributed by atoms with Crippen LogP contribution in [-0.4, -0.2) is 34.2 Å². The first-order valence-electron chi connectivity index (χ1n) is 10.8. The van der Waals surface area contributed by atoms with Crippen molar-refractivity contribution in [1.29, 1.82) is 0 Å². The van der Waals surface area contributed by atoms with E-state index < -0.39 is 0 Å². The Bertz CT molecular complexity index is 1050. The van der Waals surface area contributed by atoms with Crippen LogP contribution in [0, 0.1) is 23.2 Å². The Balaban J connectivity index is 1.43. The lowest BCUT2D eigenvalue weighted by Gasteiger charge is -2.51. The molecule has 2 aromatic rings. The number of aromatic nitrogens is 2. The zero-order valence-corrected chi connectivity index (χ0v) is 19.8. The first-order valence-corrected chi connectivity index (χ1v) is 12.9. The van der Waals surface area contributed by atoms with Gasteiger partial charge < -0.3 is 4.74 Å². The fourth-order valence-corrected chi connectivity index (χ4v) is 7.83. The Morgan fingerprint density at radius 1 is 1.35 bits per heavy atom. The third-order valence-corrected chi connectivity index (χ3v) is 9.29. The Hall–Kier alpha value is -1.93. The van der Waals surface area contributed by atoms with E-state index in [0.717, 1.165) is 25.0 Å². The zero-order chi connectivity index (χ0) is 21.9. The maximum Gasteiger partial charge on any atom is 0.309 e. The van der Waals surface area contributed by atoms with Crippen molar-refractivity contribution < 1.29 is 14.3 Å². The summed E-state index contributed by atoms with van der Waals surface area (Å²) in [6, 6.07) is 3.56. The molecule has 2 aromatic heterocycles. The van der Waals surface area contributed by atoms with Gasteiger partial charge in [0.1, 0.15) is 11.1 Å². The molecule has 0 aromatic carbocycles. The van der Waals surface area contributed by atoms with Gasteiger partial charge in [0.05, 0.1) is 17.2 Å². The number of pyridine rings is 1. The second-order valence-electron chi connectivity index (χ2n) is 9.38. The molecule has 1 N–H and O–H groups in total. The van der Waals surface area contributed by atoms with E-state index >= 15 is 0 Å². The van der Waals surface area contributed by atoms with Gasteiger partial charge in [-0.15, -0.1) is 23.1 Å². The molecule has 164 valence electrons. The number of thiazole rings is 1. The van der Waals surface area contributed by atoms with E-state index in [1.165, 1.54) is 16.6 Å². The van der Waals surface area contributed by atoms with Gasteiger partial charge in [-0.25, -0.2) is 9.97 Å². The van der Waals surface area contributed by atoms with Gasteiger partial charge in [0.2, 0.25) is 0 Å². The highest BCUT2D eigenvalue weighted by molar-refractivity contribution is 7.98. The Kier molecular flexibility index (Phi) is 5.13. The summed E-state index contributed by atoms with van der Waals surface area (Å²) in [5, 5.41) is 4.33. The molecule has 5 rings (SSSR count). The minimum atomic E-state index is -0.182. The lowest BCUT2D eigenvalue weighted by Crippen LogP contribution is -2.50. The predicted octanol–water partition coefficient (Wildman–Crippen LogP) is 4.77. The van der Waals surface area contributed by atoms with Gasteiger partial charge >= 0.3 is 5.97 Å². The molecule has 1 aliphatic heterocycles. The van der Waals surface area contributed by atoms with Crippen molar-refractivity contribution in [2.24, 2.45) is 23.2 Å². The summed E-state index contributed by atoms with van der Waals surface area (Å²) in [5.74, 6) is 0.505. The highest BCUT2D eigenvalue weighted by atomic mass is 32.2. The van der Waals surface area contributed by atoms with Gasteiger partial charge in [-0.05, 0) is 43.1 Å². The lowest BCUT2D eigenvalue weighted by atomic mass is 9.54. The number of carbonyl (C=O) groups is 2. The lowest BCUT2D eigenvalue weighted by molar-refractivity contribution is -0.149. The number of esters is 1. The molecule has 0 unspecified atom stereocenters. The highest BCUT2D eigenvalue weighted by Gasteiger charge is 2.58. The number of rotatable bonds is 3. The number of fused-ring (bicyclic) bond motifs is 4. The van der Waals surface area contributed by atoms with Crippen LogP contribution in [0.25, 0.3) is 0 Å². The maximum absolute atomic E-state index is 12.9. The van der Waals surface area contributed by atoms with E-state index in [4.69, 9.17) is 9.72 Å². The molecule has 6 nitrogen and oxygen atoms in total. The van der Waals surface area contributed by atoms with Crippen molar-refractivity contribution >= 4 is 40.1 Å². The summed E-state index contributed by atoms with van der Waals surface area (Å²) in [6.45, 7) is 6.55. The van der Waals surface area contributed by atoms with Gasteiger partial charge in [-0.2, -0.15) is 0 Å². The van der Waals surface area contributed by atoms with Crippen LogP contribution in [0.4, 0.5) is 5.13 Å². The number of carbonyl (C=O) groups excluding carboxylic acids is 2. The number of ether oxygens (including phenoxy) is 1. The van der Waals surface area contributed by atoms with Crippen LogP contribution in [0.1, 0.15) is 60.5 Å². The van der Waals surface area contributed by atoms with Crippen LogP contribution in [-0.2, 0) is 16.0 Å². The van der Waals surface area contributed by atoms with Crippen molar-refractivity contribution in [2.75, 3.05) is 11.6 Å². The van der Waals surface area contributed by atoms with Crippen LogP contribution < -0.4 is 5.32 Å². The predicted molar refractivity (Wildman–Crippen MR) is 122 cm³/mol. The molecule has 31 heavy (non-hydrogen) atoms. The van der Waals surface area contributed by atoms with E-state index in [0.29, 0.717) is 21.6 Å². The molecule has 2 aliphatic carbocycles. The zero-order valence-electron chi connectivity index (χ0n) is 18.2. The smallest absolute Gasteiger partial charge is 0.309 e. The SMILES string of the molecule is CSc1ncccc1C(=O)Nc1nc2c(s1)C[C@@]1(C)CC[C@@H]3[C@@H](OC(=O)[C@H]3C)[C@H]1[C@H]2C. The molecule has 2 fully saturated rings. The topological polar surface area (TPSA) is 81.2 Å². The molecule has 1 amide bonds. The third-order valence-electron chi connectivity index (χ3n) is 7.59. The van der Waals surface area contributed by atoms with Crippen LogP contribution in [0.2, 0.25) is 0 Å². The van der Waals surface area contributed by atoms with E-state index in [-0.39, 0.29) is 41.1 Å². The number of hydrogen-bond donors (Lipinski definition) is 1. The van der Waals surface area contributed by atoms with E-state index in [1.807, 2.05) is 13.2 Å². The van der Waals surface area contributed by atoms with Gasteiger partial charge in [-0.3, -0.25) is 14.9 Å². The molecule has 8 heteroatoms. The molecule has 1 saturated carbocycles. The molecule has 0 radical (unpaired) electrons. The first-order chi connectivity index (χ1) is 14.8. The number of thioether (sulfide) groups is 1. The van der Waals surface area contributed by atoms with Crippen molar-refractivity contribution in [3.63, 3.8) is 0 Å². The molecule has 6 atom stereocenters. The standard InChI is InChI=1S/C23H27N3O3S2/c1-11-13-7-8-23(3)10-15-17(12(2)16(23)18(13)29-21(11)28)25-22(31-15)26-19(27)14-6-5-9-24-20(14)30-4/h5-6,9,11-13,16,18H,7-8,10H2,1-4H3,(H,25,26,27)/t11-,12+,13-,16+,18+,23+/m0/s1. The van der Waals surface area contributed by atoms with Crippen LogP contribution in [0.5, 0.6) is 0 Å². The van der Waals surface area contributed by atoms with Crippen molar-refractivity contribution in [3.8, 4) is 0 Å². The van der Waals surface area contributed by atoms with Crippen LogP contribution in [0.15, 0.2) is 23.4 Å². The summed E-state index contributed by atoms with van der Waals surface area (Å²) in [5.41, 5.74) is 1.70. The number of nitrogens with zero attached hydrogens (tertiary/aromatic N) is 2. The Morgan fingerprint density at radius 3 is 2.94 bits per heavy atom. The summed E-state index contributed by atoms with van der Waals surface area (Å²) in [7, 11) is 0. The highest BCUT2D eigenvalue weighted by Crippen LogP contribution is 2.59. The van der Waals surface area contributed by atoms with Gasteiger partial charge in [0, 0.05) is 28.8 Å². The third kappa shape index (κ3) is 3.30. The second kappa shape index (κ2) is 7.59. The average Bonchev–Trinajstić information content (AvgIpc) is 3.27. The maximum atomic E-state index is 12.9. The number of anilines is 1. The minimum Gasteiger partial charge on any atom is -0.461 e. The summed E-state index contributed by atoms with van der Waals surface area (Å²) >= 11 is 3.03. The van der Waals surface area contributed by atoms with Gasteiger partial charge in [0.15, 0.2) is 5.13 Å². The molecular formula is C23H27N3O3S2. The summed E-state index contributed by atoms with van der Waals surface area (Å²) < 4.78 is 5.91. The van der Waals surface area contributed by atoms with Crippen molar-refractivity contribution in [1.82, 2.24) is 9.97 Å². The van der Waals surface area contributed by atoms with Crippen LogP contribution in [0.3, 0.4) is 0 Å². The average molecular weight is 458 g/mol. The molecule has 0 bridgehead atoms. The molecule has 3 heterocycles. The van der Waals surface area contributed by atoms with Crippen LogP contribution >= 0.6 is 23.1 Å². The minimum absolute atomic E-state index is 0.0152. The number of nitrogens with one attached hydrogen (secondary N) is 1. The fraction of sp³-hybridized carbons (Fsp3) is 0.565. The molecule has 0 spiro atoms. The van der Waals surface area contributed by atoms with E-state index in [1.54, 1.807) is 29.7 Å². The molecular weight excluding hydrogens is 430 g/mol. The summed E-state index contributed by atoms with van der Waals surface area (Å²) in [4.78, 5) is 35.5.